The fourth-order valence-electron chi connectivity index (χ4n) is 4.41. The number of carbonyl (C=O) groups excluding carboxylic acids is 1. The van der Waals surface area contributed by atoms with Crippen LogP contribution < -0.4 is 21.7 Å². The zero-order valence-electron chi connectivity index (χ0n) is 19.1. The van der Waals surface area contributed by atoms with Gasteiger partial charge in [0.05, 0.1) is 6.17 Å². The van der Waals surface area contributed by atoms with Gasteiger partial charge >= 0.3 is 6.03 Å². The van der Waals surface area contributed by atoms with Crippen LogP contribution in [-0.2, 0) is 0 Å². The van der Waals surface area contributed by atoms with Gasteiger partial charge in [-0.05, 0) is 42.7 Å². The summed E-state index contributed by atoms with van der Waals surface area (Å²) in [7, 11) is 0. The van der Waals surface area contributed by atoms with Crippen molar-refractivity contribution in [2.24, 2.45) is 5.73 Å². The quantitative estimate of drug-likeness (QED) is 0.405. The standard InChI is InChI=1S/C25H39N5O/c1-3-4-5-6-7-8-11-16-30-19(2)17-23(26)28-24(30)29-25(31)27-22-15-14-20-12-9-10-13-21(20)18-22/h9-10,12-15,18-19,23-24,28H,3-8,11,16-17,26H2,1-2H3,(H2,27,29,31). The van der Waals surface area contributed by atoms with Gasteiger partial charge in [-0.2, -0.15) is 0 Å². The number of anilines is 1. The Kier molecular flexibility index (Phi) is 9.13. The van der Waals surface area contributed by atoms with Crippen LogP contribution in [0.15, 0.2) is 42.5 Å². The van der Waals surface area contributed by atoms with Gasteiger partial charge in [-0.1, -0.05) is 75.8 Å². The molecule has 0 radical (unpaired) electrons. The van der Waals surface area contributed by atoms with Gasteiger partial charge in [0.15, 0.2) is 0 Å². The predicted octanol–water partition coefficient (Wildman–Crippen LogP) is 4.96. The van der Waals surface area contributed by atoms with Crippen LogP contribution in [0.5, 0.6) is 0 Å². The number of nitrogens with two attached hydrogens (primary N) is 1. The largest absolute Gasteiger partial charge is 0.321 e. The predicted molar refractivity (Wildman–Crippen MR) is 130 cm³/mol. The van der Waals surface area contributed by atoms with Crippen LogP contribution in [0.1, 0.15) is 65.2 Å². The maximum absolute atomic E-state index is 12.7. The van der Waals surface area contributed by atoms with Gasteiger partial charge in [-0.25, -0.2) is 4.79 Å². The number of unbranched alkanes of at least 4 members (excludes halogenated alkanes) is 6. The Morgan fingerprint density at radius 1 is 1.06 bits per heavy atom. The number of nitrogens with one attached hydrogen (secondary N) is 3. The second-order valence-corrected chi connectivity index (χ2v) is 8.78. The van der Waals surface area contributed by atoms with E-state index in [0.717, 1.165) is 35.8 Å². The van der Waals surface area contributed by atoms with Gasteiger partial charge in [0, 0.05) is 18.3 Å². The second kappa shape index (κ2) is 12.0. The number of nitrogens with zero attached hydrogens (tertiary/aromatic N) is 1. The lowest BCUT2D eigenvalue weighted by atomic mass is 10.1. The molecule has 6 nitrogen and oxygen atoms in total. The van der Waals surface area contributed by atoms with Gasteiger partial charge in [0.1, 0.15) is 6.29 Å². The van der Waals surface area contributed by atoms with E-state index in [1.807, 2.05) is 36.4 Å². The van der Waals surface area contributed by atoms with Crippen molar-refractivity contribution >= 4 is 22.5 Å². The third-order valence-corrected chi connectivity index (χ3v) is 6.16. The van der Waals surface area contributed by atoms with Crippen molar-refractivity contribution in [1.82, 2.24) is 15.5 Å². The zero-order valence-corrected chi connectivity index (χ0v) is 19.1. The molecular weight excluding hydrogens is 386 g/mol. The van der Waals surface area contributed by atoms with Crippen LogP contribution >= 0.6 is 0 Å². The first kappa shape index (κ1) is 23.5. The first-order chi connectivity index (χ1) is 15.1. The summed E-state index contributed by atoms with van der Waals surface area (Å²) in [5.74, 6) is 0. The van der Waals surface area contributed by atoms with Gasteiger partial charge in [-0.15, -0.1) is 0 Å². The van der Waals surface area contributed by atoms with E-state index in [-0.39, 0.29) is 18.5 Å². The highest BCUT2D eigenvalue weighted by Gasteiger charge is 2.31. The van der Waals surface area contributed by atoms with E-state index in [4.69, 9.17) is 5.73 Å². The maximum atomic E-state index is 12.7. The van der Waals surface area contributed by atoms with Crippen molar-refractivity contribution in [3.63, 3.8) is 0 Å². The number of benzene rings is 2. The van der Waals surface area contributed by atoms with Crippen LogP contribution in [0, 0.1) is 0 Å². The second-order valence-electron chi connectivity index (χ2n) is 8.78. The van der Waals surface area contributed by atoms with Crippen LogP contribution in [0.25, 0.3) is 10.8 Å². The Morgan fingerprint density at radius 2 is 1.77 bits per heavy atom. The smallest absolute Gasteiger partial charge is 0.316 e. The third kappa shape index (κ3) is 7.20. The Bertz CT molecular complexity index is 826. The molecule has 31 heavy (non-hydrogen) atoms. The molecule has 1 heterocycles. The molecule has 170 valence electrons. The van der Waals surface area contributed by atoms with Crippen molar-refractivity contribution < 1.29 is 4.79 Å². The molecular formula is C25H39N5O. The van der Waals surface area contributed by atoms with E-state index in [0.29, 0.717) is 6.04 Å². The minimum absolute atomic E-state index is 0.119. The zero-order chi connectivity index (χ0) is 22.1. The summed E-state index contributed by atoms with van der Waals surface area (Å²) in [5, 5.41) is 11.7. The summed E-state index contributed by atoms with van der Waals surface area (Å²) in [6.07, 6.45) is 9.43. The Morgan fingerprint density at radius 3 is 2.55 bits per heavy atom. The first-order valence-corrected chi connectivity index (χ1v) is 11.9. The summed E-state index contributed by atoms with van der Waals surface area (Å²) >= 11 is 0. The molecule has 0 aromatic heterocycles. The molecule has 3 atom stereocenters. The highest BCUT2D eigenvalue weighted by atomic mass is 16.2. The van der Waals surface area contributed by atoms with Gasteiger partial charge < -0.3 is 16.4 Å². The molecule has 1 aliphatic heterocycles. The molecule has 2 aromatic rings. The number of carbonyl (C=O) groups is 1. The fourth-order valence-corrected chi connectivity index (χ4v) is 4.41. The van der Waals surface area contributed by atoms with E-state index >= 15 is 0 Å². The first-order valence-electron chi connectivity index (χ1n) is 11.9. The van der Waals surface area contributed by atoms with Crippen LogP contribution in [0.3, 0.4) is 0 Å². The Labute approximate surface area is 186 Å². The van der Waals surface area contributed by atoms with Crippen molar-refractivity contribution in [3.05, 3.63) is 42.5 Å². The lowest BCUT2D eigenvalue weighted by Gasteiger charge is -2.44. The van der Waals surface area contributed by atoms with Crippen LogP contribution in [0.4, 0.5) is 10.5 Å². The van der Waals surface area contributed by atoms with Crippen LogP contribution in [-0.4, -0.2) is 36.0 Å². The molecule has 1 fully saturated rings. The maximum Gasteiger partial charge on any atom is 0.321 e. The molecule has 3 rings (SSSR count). The topological polar surface area (TPSA) is 82.4 Å². The van der Waals surface area contributed by atoms with Gasteiger partial charge in [0.2, 0.25) is 0 Å². The normalized spacial score (nSPS) is 21.8. The van der Waals surface area contributed by atoms with Gasteiger partial charge in [-0.3, -0.25) is 10.2 Å². The molecule has 0 spiro atoms. The molecule has 5 N–H and O–H groups in total. The summed E-state index contributed by atoms with van der Waals surface area (Å²) in [6.45, 7) is 5.40. The Balaban J connectivity index is 1.52. The lowest BCUT2D eigenvalue weighted by molar-refractivity contribution is 0.0413. The summed E-state index contributed by atoms with van der Waals surface area (Å²) < 4.78 is 0. The number of amides is 2. The molecule has 0 aliphatic carbocycles. The number of rotatable bonds is 10. The van der Waals surface area contributed by atoms with Crippen molar-refractivity contribution in [3.8, 4) is 0 Å². The van der Waals surface area contributed by atoms with E-state index in [9.17, 15) is 4.79 Å². The highest BCUT2D eigenvalue weighted by Crippen LogP contribution is 2.19. The summed E-state index contributed by atoms with van der Waals surface area (Å²) in [6, 6.07) is 14.2. The highest BCUT2D eigenvalue weighted by molar-refractivity contribution is 5.93. The Hall–Kier alpha value is -2.15. The molecule has 2 aromatic carbocycles. The van der Waals surface area contributed by atoms with E-state index in [2.05, 4.69) is 40.8 Å². The fraction of sp³-hybridized carbons (Fsp3) is 0.560. The molecule has 0 saturated carbocycles. The number of hydrogen-bond acceptors (Lipinski definition) is 4. The minimum Gasteiger partial charge on any atom is -0.316 e. The molecule has 0 bridgehead atoms. The molecule has 1 aliphatic rings. The van der Waals surface area contributed by atoms with E-state index in [1.54, 1.807) is 0 Å². The number of urea groups is 1. The van der Waals surface area contributed by atoms with E-state index < -0.39 is 0 Å². The lowest BCUT2D eigenvalue weighted by Crippen LogP contribution is -2.68. The van der Waals surface area contributed by atoms with Crippen molar-refractivity contribution in [2.45, 2.75) is 83.7 Å². The summed E-state index contributed by atoms with van der Waals surface area (Å²) in [4.78, 5) is 15.1. The SMILES string of the molecule is CCCCCCCCCN1C(C)CC(N)NC1NC(=O)Nc1ccc2ccccc2c1. The molecule has 3 unspecified atom stereocenters. The average Bonchev–Trinajstić information content (AvgIpc) is 2.74. The molecule has 1 saturated heterocycles. The number of hydrogen-bond donors (Lipinski definition) is 4. The minimum atomic E-state index is -0.265. The molecule has 2 amide bonds. The van der Waals surface area contributed by atoms with E-state index in [1.165, 1.54) is 38.5 Å². The average molecular weight is 426 g/mol. The van der Waals surface area contributed by atoms with Gasteiger partial charge in [0.25, 0.3) is 0 Å². The number of fused-ring (bicyclic) bond motifs is 1. The van der Waals surface area contributed by atoms with Crippen molar-refractivity contribution in [1.29, 1.82) is 0 Å². The summed E-state index contributed by atoms with van der Waals surface area (Å²) in [5.41, 5.74) is 6.96. The monoisotopic (exact) mass is 425 g/mol. The van der Waals surface area contributed by atoms with Crippen LogP contribution in [0.2, 0.25) is 0 Å². The van der Waals surface area contributed by atoms with Crippen molar-refractivity contribution in [2.75, 3.05) is 11.9 Å². The third-order valence-electron chi connectivity index (χ3n) is 6.16. The molecule has 6 heteroatoms.